The van der Waals surface area contributed by atoms with Crippen molar-refractivity contribution in [3.63, 3.8) is 0 Å². The minimum absolute atomic E-state index is 0.105. The van der Waals surface area contributed by atoms with Crippen LogP contribution in [-0.4, -0.2) is 36.8 Å². The molecule has 158 valence electrons. The van der Waals surface area contributed by atoms with Gasteiger partial charge in [-0.15, -0.1) is 11.8 Å². The van der Waals surface area contributed by atoms with Crippen LogP contribution < -0.4 is 14.4 Å². The fraction of sp³-hybridized carbons (Fsp3) is 0.333. The number of carbonyl (C=O) groups is 1. The summed E-state index contributed by atoms with van der Waals surface area (Å²) < 4.78 is 10.4. The van der Waals surface area contributed by atoms with Crippen molar-refractivity contribution in [1.29, 1.82) is 5.26 Å². The zero-order valence-electron chi connectivity index (χ0n) is 16.9. The molecule has 0 radical (unpaired) electrons. The highest BCUT2D eigenvalue weighted by atomic mass is 32.2. The molecule has 0 fully saturated rings. The van der Waals surface area contributed by atoms with Gasteiger partial charge in [-0.05, 0) is 42.8 Å². The number of thioether (sulfide) groups is 1. The highest BCUT2D eigenvalue weighted by molar-refractivity contribution is 7.99. The van der Waals surface area contributed by atoms with Gasteiger partial charge in [-0.25, -0.2) is 0 Å². The molecule has 0 saturated heterocycles. The zero-order chi connectivity index (χ0) is 21.9. The largest absolute Gasteiger partial charge is 0.494 e. The normalized spacial score (nSPS) is 10.2. The smallest absolute Gasteiger partial charge is 0.311 e. The molecular formula is C21H23N3O5S. The third kappa shape index (κ3) is 6.39. The predicted octanol–water partition coefficient (Wildman–Crippen LogP) is 4.18. The Balaban J connectivity index is 2.03. The molecule has 0 saturated carbocycles. The van der Waals surface area contributed by atoms with Crippen LogP contribution in [0.25, 0.3) is 0 Å². The van der Waals surface area contributed by atoms with Crippen LogP contribution in [0.2, 0.25) is 0 Å². The molecule has 8 nitrogen and oxygen atoms in total. The second-order valence-electron chi connectivity index (χ2n) is 6.14. The number of nitrogens with zero attached hydrogens (tertiary/aromatic N) is 3. The van der Waals surface area contributed by atoms with Crippen molar-refractivity contribution in [1.82, 2.24) is 0 Å². The summed E-state index contributed by atoms with van der Waals surface area (Å²) in [4.78, 5) is 25.0. The maximum atomic E-state index is 12.8. The summed E-state index contributed by atoms with van der Waals surface area (Å²) in [5, 5.41) is 20.1. The van der Waals surface area contributed by atoms with Crippen molar-refractivity contribution in [2.24, 2.45) is 0 Å². The van der Waals surface area contributed by atoms with Gasteiger partial charge in [-0.1, -0.05) is 6.07 Å². The van der Waals surface area contributed by atoms with E-state index >= 15 is 0 Å². The molecule has 0 bridgehead atoms. The maximum Gasteiger partial charge on any atom is 0.311 e. The molecule has 0 aliphatic rings. The number of anilines is 1. The summed E-state index contributed by atoms with van der Waals surface area (Å²) in [5.74, 6) is 1.39. The van der Waals surface area contributed by atoms with Crippen LogP contribution in [0.4, 0.5) is 11.4 Å². The van der Waals surface area contributed by atoms with E-state index in [9.17, 15) is 14.9 Å². The SMILES string of the molecule is CCOc1ccc(N(CCC#N)C(=O)CSCc2ccc(OC)c([N+](=O)[O-])c2)cc1. The van der Waals surface area contributed by atoms with E-state index in [2.05, 4.69) is 6.07 Å². The standard InChI is InChI=1S/C21H23N3O5S/c1-3-29-18-8-6-17(7-9-18)23(12-4-11-22)21(25)15-30-14-16-5-10-20(28-2)19(13-16)24(26)27/h5-10,13H,3-4,12,14-15H2,1-2H3. The van der Waals surface area contributed by atoms with E-state index in [1.807, 2.05) is 6.92 Å². The lowest BCUT2D eigenvalue weighted by atomic mass is 10.2. The first-order valence-electron chi connectivity index (χ1n) is 9.29. The average molecular weight is 429 g/mol. The van der Waals surface area contributed by atoms with E-state index in [1.165, 1.54) is 24.9 Å². The predicted molar refractivity (Wildman–Crippen MR) is 116 cm³/mol. The number of hydrogen-bond donors (Lipinski definition) is 0. The Bertz CT molecular complexity index is 912. The molecule has 1 amide bonds. The zero-order valence-corrected chi connectivity index (χ0v) is 17.7. The molecule has 0 atom stereocenters. The van der Waals surface area contributed by atoms with Crippen molar-refractivity contribution in [2.45, 2.75) is 19.1 Å². The van der Waals surface area contributed by atoms with Crippen molar-refractivity contribution in [3.05, 3.63) is 58.1 Å². The second kappa shape index (κ2) is 11.7. The average Bonchev–Trinajstić information content (AvgIpc) is 2.75. The minimum Gasteiger partial charge on any atom is -0.494 e. The number of nitro benzene ring substituents is 1. The van der Waals surface area contributed by atoms with Gasteiger partial charge >= 0.3 is 5.69 Å². The Hall–Kier alpha value is -3.25. The van der Waals surface area contributed by atoms with Gasteiger partial charge in [0.2, 0.25) is 5.91 Å². The first-order valence-corrected chi connectivity index (χ1v) is 10.4. The minimum atomic E-state index is -0.492. The molecule has 30 heavy (non-hydrogen) atoms. The number of carbonyl (C=O) groups excluding carboxylic acids is 1. The van der Waals surface area contributed by atoms with E-state index in [1.54, 1.807) is 41.3 Å². The fourth-order valence-electron chi connectivity index (χ4n) is 2.75. The molecule has 0 aliphatic carbocycles. The van der Waals surface area contributed by atoms with Crippen molar-refractivity contribution in [3.8, 4) is 17.6 Å². The van der Waals surface area contributed by atoms with E-state index in [-0.39, 0.29) is 36.1 Å². The van der Waals surface area contributed by atoms with Gasteiger partial charge in [-0.3, -0.25) is 14.9 Å². The number of amides is 1. The second-order valence-corrected chi connectivity index (χ2v) is 7.12. The fourth-order valence-corrected chi connectivity index (χ4v) is 3.60. The Morgan fingerprint density at radius 1 is 1.27 bits per heavy atom. The van der Waals surface area contributed by atoms with E-state index < -0.39 is 4.92 Å². The van der Waals surface area contributed by atoms with E-state index in [0.29, 0.717) is 23.8 Å². The van der Waals surface area contributed by atoms with Crippen LogP contribution in [0, 0.1) is 21.4 Å². The molecule has 0 aliphatic heterocycles. The molecule has 0 spiro atoms. The van der Waals surface area contributed by atoms with Crippen LogP contribution in [0.3, 0.4) is 0 Å². The van der Waals surface area contributed by atoms with Crippen LogP contribution in [0.15, 0.2) is 42.5 Å². The van der Waals surface area contributed by atoms with Crippen LogP contribution in [0.5, 0.6) is 11.5 Å². The van der Waals surface area contributed by atoms with Gasteiger partial charge in [0.05, 0.1) is 36.9 Å². The van der Waals surface area contributed by atoms with Gasteiger partial charge in [0.25, 0.3) is 0 Å². The summed E-state index contributed by atoms with van der Waals surface area (Å²) in [7, 11) is 1.38. The number of benzene rings is 2. The lowest BCUT2D eigenvalue weighted by molar-refractivity contribution is -0.385. The summed E-state index contributed by atoms with van der Waals surface area (Å²) in [5.41, 5.74) is 1.32. The molecule has 0 unspecified atom stereocenters. The van der Waals surface area contributed by atoms with Crippen molar-refractivity contribution < 1.29 is 19.2 Å². The maximum absolute atomic E-state index is 12.8. The monoisotopic (exact) mass is 429 g/mol. The highest BCUT2D eigenvalue weighted by Crippen LogP contribution is 2.29. The summed E-state index contributed by atoms with van der Waals surface area (Å²) in [6.07, 6.45) is 0.217. The number of nitro groups is 1. The molecule has 0 heterocycles. The number of methoxy groups -OCH3 is 1. The molecule has 2 aromatic rings. The van der Waals surface area contributed by atoms with Gasteiger partial charge in [-0.2, -0.15) is 5.26 Å². The first kappa shape index (κ1) is 23.0. The summed E-state index contributed by atoms with van der Waals surface area (Å²) in [6, 6.07) is 14.0. The van der Waals surface area contributed by atoms with Crippen LogP contribution >= 0.6 is 11.8 Å². The van der Waals surface area contributed by atoms with Gasteiger partial charge < -0.3 is 14.4 Å². The molecular weight excluding hydrogens is 406 g/mol. The number of ether oxygens (including phenoxy) is 2. The molecule has 2 aromatic carbocycles. The summed E-state index contributed by atoms with van der Waals surface area (Å²) >= 11 is 1.35. The quantitative estimate of drug-likeness (QED) is 0.390. The first-order chi connectivity index (χ1) is 14.5. The number of rotatable bonds is 11. The summed E-state index contributed by atoms with van der Waals surface area (Å²) in [6.45, 7) is 2.74. The highest BCUT2D eigenvalue weighted by Gasteiger charge is 2.18. The molecule has 9 heteroatoms. The third-order valence-electron chi connectivity index (χ3n) is 4.14. The topological polar surface area (TPSA) is 106 Å². The molecule has 0 aromatic heterocycles. The van der Waals surface area contributed by atoms with Gasteiger partial charge in [0.15, 0.2) is 5.75 Å². The van der Waals surface area contributed by atoms with Crippen molar-refractivity contribution >= 4 is 29.0 Å². The van der Waals surface area contributed by atoms with Crippen LogP contribution in [-0.2, 0) is 10.5 Å². The lowest BCUT2D eigenvalue weighted by Gasteiger charge is -2.22. The third-order valence-corrected chi connectivity index (χ3v) is 5.13. The molecule has 0 N–H and O–H groups in total. The Labute approximate surface area is 179 Å². The Morgan fingerprint density at radius 2 is 2.00 bits per heavy atom. The lowest BCUT2D eigenvalue weighted by Crippen LogP contribution is -2.33. The number of nitriles is 1. The number of hydrogen-bond acceptors (Lipinski definition) is 7. The Morgan fingerprint density at radius 3 is 2.60 bits per heavy atom. The van der Waals surface area contributed by atoms with E-state index in [0.717, 1.165) is 5.56 Å². The van der Waals surface area contributed by atoms with Gasteiger partial charge in [0.1, 0.15) is 5.75 Å². The van der Waals surface area contributed by atoms with Crippen LogP contribution in [0.1, 0.15) is 18.9 Å². The van der Waals surface area contributed by atoms with E-state index in [4.69, 9.17) is 14.7 Å². The van der Waals surface area contributed by atoms with Crippen molar-refractivity contribution in [2.75, 3.05) is 30.9 Å². The van der Waals surface area contributed by atoms with Gasteiger partial charge in [0, 0.05) is 24.1 Å². The Kier molecular flexibility index (Phi) is 8.97. The molecule has 2 rings (SSSR count).